The van der Waals surface area contributed by atoms with E-state index in [1.807, 2.05) is 6.07 Å². The van der Waals surface area contributed by atoms with Gasteiger partial charge in [-0.3, -0.25) is 4.79 Å². The SMILES string of the molecule is NC12CC3CC(C1)CC(Cc1ccccc1)(C3)C2=O. The first-order valence-electron chi connectivity index (χ1n) is 7.47. The van der Waals surface area contributed by atoms with E-state index in [1.165, 1.54) is 12.0 Å². The molecule has 100 valence electrons. The Morgan fingerprint density at radius 2 is 1.68 bits per heavy atom. The minimum Gasteiger partial charge on any atom is -0.319 e. The second-order valence-electron chi connectivity index (χ2n) is 7.21. The standard InChI is InChI=1S/C17H21NO/c18-17-10-13-6-14(11-17)9-16(8-13,15(17)19)7-12-4-2-1-3-5-12/h1-5,13-14H,6-11,18H2. The fourth-order valence-corrected chi connectivity index (χ4v) is 5.36. The Hall–Kier alpha value is -1.15. The van der Waals surface area contributed by atoms with Crippen molar-refractivity contribution in [3.05, 3.63) is 35.9 Å². The highest BCUT2D eigenvalue weighted by atomic mass is 16.1. The number of nitrogens with two attached hydrogens (primary N) is 1. The molecule has 4 saturated carbocycles. The molecule has 0 saturated heterocycles. The van der Waals surface area contributed by atoms with Crippen molar-refractivity contribution < 1.29 is 4.79 Å². The first-order chi connectivity index (χ1) is 9.10. The molecule has 2 nitrogen and oxygen atoms in total. The van der Waals surface area contributed by atoms with E-state index in [0.29, 0.717) is 17.6 Å². The minimum absolute atomic E-state index is 0.139. The minimum atomic E-state index is -0.487. The van der Waals surface area contributed by atoms with Crippen LogP contribution in [0.15, 0.2) is 30.3 Å². The molecule has 19 heavy (non-hydrogen) atoms. The topological polar surface area (TPSA) is 43.1 Å². The molecule has 0 aromatic heterocycles. The molecule has 2 N–H and O–H groups in total. The van der Waals surface area contributed by atoms with Gasteiger partial charge < -0.3 is 5.73 Å². The molecule has 4 aliphatic rings. The van der Waals surface area contributed by atoms with Crippen LogP contribution in [-0.2, 0) is 11.2 Å². The van der Waals surface area contributed by atoms with E-state index in [0.717, 1.165) is 32.1 Å². The van der Waals surface area contributed by atoms with E-state index >= 15 is 0 Å². The zero-order chi connectivity index (χ0) is 13.1. The number of carbonyl (C=O) groups excluding carboxylic acids is 1. The first-order valence-corrected chi connectivity index (χ1v) is 7.47. The molecule has 0 aliphatic heterocycles. The quantitative estimate of drug-likeness (QED) is 0.883. The van der Waals surface area contributed by atoms with Crippen LogP contribution in [0.1, 0.15) is 37.7 Å². The summed E-state index contributed by atoms with van der Waals surface area (Å²) in [5.74, 6) is 1.76. The lowest BCUT2D eigenvalue weighted by atomic mass is 9.45. The Balaban J connectivity index is 1.71. The van der Waals surface area contributed by atoms with Gasteiger partial charge in [0.25, 0.3) is 0 Å². The summed E-state index contributed by atoms with van der Waals surface area (Å²) in [6.45, 7) is 0. The van der Waals surface area contributed by atoms with E-state index in [1.54, 1.807) is 0 Å². The van der Waals surface area contributed by atoms with E-state index in [2.05, 4.69) is 24.3 Å². The van der Waals surface area contributed by atoms with Crippen LogP contribution in [-0.4, -0.2) is 11.3 Å². The molecule has 2 unspecified atom stereocenters. The number of benzene rings is 1. The third-order valence-corrected chi connectivity index (χ3v) is 5.65. The molecule has 2 atom stereocenters. The highest BCUT2D eigenvalue weighted by Gasteiger charge is 2.62. The normalized spacial score (nSPS) is 43.7. The second kappa shape index (κ2) is 3.69. The summed E-state index contributed by atoms with van der Waals surface area (Å²) in [6.07, 6.45) is 6.26. The summed E-state index contributed by atoms with van der Waals surface area (Å²) >= 11 is 0. The monoisotopic (exact) mass is 255 g/mol. The van der Waals surface area contributed by atoms with Crippen molar-refractivity contribution in [1.29, 1.82) is 0 Å². The van der Waals surface area contributed by atoms with Crippen molar-refractivity contribution in [2.75, 3.05) is 0 Å². The van der Waals surface area contributed by atoms with Crippen LogP contribution in [0.25, 0.3) is 0 Å². The molecule has 4 fully saturated rings. The molecule has 1 aromatic rings. The molecule has 4 aliphatic carbocycles. The number of rotatable bonds is 2. The van der Waals surface area contributed by atoms with Crippen LogP contribution in [0, 0.1) is 17.3 Å². The average molecular weight is 255 g/mol. The Kier molecular flexibility index (Phi) is 2.27. The number of Topliss-reactive ketones (excluding diaryl/α,β-unsaturated/α-hetero) is 1. The lowest BCUT2D eigenvalue weighted by Crippen LogP contribution is -2.67. The molecule has 5 rings (SSSR count). The Morgan fingerprint density at radius 3 is 2.32 bits per heavy atom. The van der Waals surface area contributed by atoms with Crippen molar-refractivity contribution >= 4 is 5.78 Å². The highest BCUT2D eigenvalue weighted by molar-refractivity contribution is 5.95. The zero-order valence-corrected chi connectivity index (χ0v) is 11.3. The van der Waals surface area contributed by atoms with Crippen LogP contribution in [0.2, 0.25) is 0 Å². The van der Waals surface area contributed by atoms with Gasteiger partial charge in [0.2, 0.25) is 0 Å². The van der Waals surface area contributed by atoms with E-state index in [-0.39, 0.29) is 5.41 Å². The van der Waals surface area contributed by atoms with Crippen molar-refractivity contribution in [2.24, 2.45) is 23.0 Å². The largest absolute Gasteiger partial charge is 0.319 e. The van der Waals surface area contributed by atoms with Gasteiger partial charge in [-0.1, -0.05) is 30.3 Å². The molecule has 0 heterocycles. The van der Waals surface area contributed by atoms with Crippen LogP contribution in [0.3, 0.4) is 0 Å². The molecule has 0 amide bonds. The third kappa shape index (κ3) is 1.62. The molecular weight excluding hydrogens is 234 g/mol. The summed E-state index contributed by atoms with van der Waals surface area (Å²) < 4.78 is 0. The zero-order valence-electron chi connectivity index (χ0n) is 11.3. The Labute approximate surface area is 114 Å². The maximum absolute atomic E-state index is 12.9. The van der Waals surface area contributed by atoms with Crippen molar-refractivity contribution in [3.63, 3.8) is 0 Å². The maximum atomic E-state index is 12.9. The molecule has 2 heteroatoms. The van der Waals surface area contributed by atoms with Crippen molar-refractivity contribution in [1.82, 2.24) is 0 Å². The number of hydrogen-bond acceptors (Lipinski definition) is 2. The van der Waals surface area contributed by atoms with Gasteiger partial charge in [-0.15, -0.1) is 0 Å². The van der Waals surface area contributed by atoms with Gasteiger partial charge in [0.1, 0.15) is 0 Å². The smallest absolute Gasteiger partial charge is 0.159 e. The fourth-order valence-electron chi connectivity index (χ4n) is 5.36. The summed E-state index contributed by atoms with van der Waals surface area (Å²) in [5.41, 5.74) is 7.12. The Morgan fingerprint density at radius 1 is 1.05 bits per heavy atom. The molecule has 1 aromatic carbocycles. The summed E-state index contributed by atoms with van der Waals surface area (Å²) in [6, 6.07) is 10.5. The summed E-state index contributed by atoms with van der Waals surface area (Å²) in [4.78, 5) is 12.9. The third-order valence-electron chi connectivity index (χ3n) is 5.65. The Bertz CT molecular complexity index is 507. The van der Waals surface area contributed by atoms with E-state index in [9.17, 15) is 4.79 Å². The fraction of sp³-hybridized carbons (Fsp3) is 0.588. The van der Waals surface area contributed by atoms with Crippen LogP contribution in [0.5, 0.6) is 0 Å². The lowest BCUT2D eigenvalue weighted by molar-refractivity contribution is -0.155. The van der Waals surface area contributed by atoms with Crippen LogP contribution >= 0.6 is 0 Å². The van der Waals surface area contributed by atoms with Gasteiger partial charge in [-0.25, -0.2) is 0 Å². The van der Waals surface area contributed by atoms with Crippen molar-refractivity contribution in [2.45, 2.75) is 44.1 Å². The molecule has 4 bridgehead atoms. The lowest BCUT2D eigenvalue weighted by Gasteiger charge is -2.59. The molecular formula is C17H21NO. The average Bonchev–Trinajstić information content (AvgIpc) is 2.36. The predicted octanol–water partition coefficient (Wildman–Crippen LogP) is 2.71. The molecule has 0 spiro atoms. The molecule has 0 radical (unpaired) electrons. The highest BCUT2D eigenvalue weighted by Crippen LogP contribution is 2.59. The van der Waals surface area contributed by atoms with E-state index < -0.39 is 5.54 Å². The van der Waals surface area contributed by atoms with Gasteiger partial charge in [0, 0.05) is 5.41 Å². The summed E-state index contributed by atoms with van der Waals surface area (Å²) in [7, 11) is 0. The number of carbonyl (C=O) groups is 1. The second-order valence-corrected chi connectivity index (χ2v) is 7.21. The van der Waals surface area contributed by atoms with Gasteiger partial charge in [0.15, 0.2) is 5.78 Å². The van der Waals surface area contributed by atoms with Crippen LogP contribution in [0.4, 0.5) is 0 Å². The van der Waals surface area contributed by atoms with Gasteiger partial charge in [-0.05, 0) is 55.9 Å². The number of ketones is 1. The van der Waals surface area contributed by atoms with E-state index in [4.69, 9.17) is 5.73 Å². The number of hydrogen-bond donors (Lipinski definition) is 1. The van der Waals surface area contributed by atoms with Gasteiger partial charge >= 0.3 is 0 Å². The van der Waals surface area contributed by atoms with Crippen molar-refractivity contribution in [3.8, 4) is 0 Å². The maximum Gasteiger partial charge on any atom is 0.159 e. The first kappa shape index (κ1) is 11.7. The van der Waals surface area contributed by atoms with Crippen LogP contribution < -0.4 is 5.73 Å². The van der Waals surface area contributed by atoms with Gasteiger partial charge in [-0.2, -0.15) is 0 Å². The van der Waals surface area contributed by atoms with Gasteiger partial charge in [0.05, 0.1) is 5.54 Å². The predicted molar refractivity (Wildman–Crippen MR) is 74.6 cm³/mol. The summed E-state index contributed by atoms with van der Waals surface area (Å²) in [5, 5.41) is 0.